The molecule has 0 spiro atoms. The molecule has 1 amide bonds. The number of carbonyl (C=O) groups excluding carboxylic acids is 1. The minimum absolute atomic E-state index is 0.0286. The van der Waals surface area contributed by atoms with Crippen LogP contribution in [0.2, 0.25) is 5.02 Å². The molecule has 4 nitrogen and oxygen atoms in total. The molecule has 1 heterocycles. The highest BCUT2D eigenvalue weighted by Crippen LogP contribution is 2.36. The maximum Gasteiger partial charge on any atom is 0.225 e. The summed E-state index contributed by atoms with van der Waals surface area (Å²) >= 11 is 7.51. The summed E-state index contributed by atoms with van der Waals surface area (Å²) in [5, 5.41) is 3.65. The van der Waals surface area contributed by atoms with Crippen LogP contribution >= 0.6 is 23.5 Å². The molecule has 0 aliphatic carbocycles. The van der Waals surface area contributed by atoms with Gasteiger partial charge in [-0.05, 0) is 110 Å². The number of benzene rings is 3. The van der Waals surface area contributed by atoms with E-state index in [4.69, 9.17) is 16.3 Å². The molecule has 3 aromatic carbocycles. The predicted octanol–water partition coefficient (Wildman–Crippen LogP) is 7.78. The van der Waals surface area contributed by atoms with Crippen LogP contribution in [-0.2, 0) is 16.0 Å². The van der Waals surface area contributed by atoms with Crippen LogP contribution in [-0.4, -0.2) is 25.2 Å². The molecule has 2 N–H and O–H groups in total. The Morgan fingerprint density at radius 2 is 1.76 bits per heavy atom. The van der Waals surface area contributed by atoms with E-state index in [1.807, 2.05) is 31.2 Å². The van der Waals surface area contributed by atoms with Gasteiger partial charge in [0, 0.05) is 46.8 Å². The van der Waals surface area contributed by atoms with Gasteiger partial charge >= 0.3 is 0 Å². The molecule has 1 aliphatic heterocycles. The van der Waals surface area contributed by atoms with Crippen molar-refractivity contribution in [1.29, 1.82) is 0 Å². The van der Waals surface area contributed by atoms with Crippen molar-refractivity contribution in [3.8, 4) is 0 Å². The zero-order valence-corrected chi connectivity index (χ0v) is 23.0. The summed E-state index contributed by atoms with van der Waals surface area (Å²) in [5.74, 6) is -0.390. The SMILES string of the molecule is C[C@H](CCc1c(F)cccc1NC(=O)CC(c1ccc(Cl)cc1)C1CCOCC1)NSc1ccc(F)cc1. The van der Waals surface area contributed by atoms with Gasteiger partial charge in [-0.1, -0.05) is 29.8 Å². The van der Waals surface area contributed by atoms with Gasteiger partial charge in [-0.25, -0.2) is 8.78 Å². The topological polar surface area (TPSA) is 50.4 Å². The third-order valence-corrected chi connectivity index (χ3v) is 8.23. The molecule has 0 aromatic heterocycles. The fourth-order valence-electron chi connectivity index (χ4n) is 4.81. The van der Waals surface area contributed by atoms with Gasteiger partial charge in [0.05, 0.1) is 0 Å². The molecule has 1 unspecified atom stereocenters. The molecular weight excluding hydrogens is 526 g/mol. The minimum atomic E-state index is -0.333. The lowest BCUT2D eigenvalue weighted by Gasteiger charge is -2.30. The molecule has 38 heavy (non-hydrogen) atoms. The van der Waals surface area contributed by atoms with Crippen molar-refractivity contribution in [3.63, 3.8) is 0 Å². The molecule has 8 heteroatoms. The molecule has 4 rings (SSSR count). The summed E-state index contributed by atoms with van der Waals surface area (Å²) in [5.41, 5.74) is 2.08. The Morgan fingerprint density at radius 3 is 2.47 bits per heavy atom. The Bertz CT molecular complexity index is 1190. The quantitative estimate of drug-likeness (QED) is 0.236. The second-order valence-electron chi connectivity index (χ2n) is 9.74. The Morgan fingerprint density at radius 1 is 1.05 bits per heavy atom. The van der Waals surface area contributed by atoms with Crippen LogP contribution < -0.4 is 10.0 Å². The number of ether oxygens (including phenoxy) is 1. The van der Waals surface area contributed by atoms with Gasteiger partial charge in [-0.3, -0.25) is 9.52 Å². The lowest BCUT2D eigenvalue weighted by atomic mass is 9.79. The van der Waals surface area contributed by atoms with Gasteiger partial charge < -0.3 is 10.1 Å². The van der Waals surface area contributed by atoms with Crippen LogP contribution in [0.5, 0.6) is 0 Å². The number of amides is 1. The van der Waals surface area contributed by atoms with Crippen molar-refractivity contribution in [3.05, 3.63) is 94.5 Å². The molecule has 3 aromatic rings. The first-order chi connectivity index (χ1) is 18.4. The number of anilines is 1. The normalized spacial score (nSPS) is 15.7. The molecule has 0 radical (unpaired) electrons. The smallest absolute Gasteiger partial charge is 0.225 e. The molecule has 1 aliphatic rings. The van der Waals surface area contributed by atoms with Crippen molar-refractivity contribution in [2.75, 3.05) is 18.5 Å². The van der Waals surface area contributed by atoms with E-state index in [9.17, 15) is 13.6 Å². The molecule has 0 saturated carbocycles. The Hall–Kier alpha value is -2.45. The van der Waals surface area contributed by atoms with Gasteiger partial charge in [0.25, 0.3) is 0 Å². The van der Waals surface area contributed by atoms with E-state index in [1.165, 1.54) is 30.1 Å². The number of nitrogens with one attached hydrogen (secondary N) is 2. The summed E-state index contributed by atoms with van der Waals surface area (Å²) < 4.78 is 36.8. The summed E-state index contributed by atoms with van der Waals surface area (Å²) in [4.78, 5) is 14.2. The van der Waals surface area contributed by atoms with E-state index in [0.717, 1.165) is 23.3 Å². The van der Waals surface area contributed by atoms with Gasteiger partial charge in [0.2, 0.25) is 5.91 Å². The van der Waals surface area contributed by atoms with Crippen LogP contribution in [0, 0.1) is 17.6 Å². The van der Waals surface area contributed by atoms with Crippen molar-refractivity contribution in [2.45, 2.75) is 55.9 Å². The average molecular weight is 559 g/mol. The van der Waals surface area contributed by atoms with Crippen molar-refractivity contribution in [1.82, 2.24) is 4.72 Å². The van der Waals surface area contributed by atoms with Crippen molar-refractivity contribution in [2.24, 2.45) is 5.92 Å². The first-order valence-electron chi connectivity index (χ1n) is 13.0. The lowest BCUT2D eigenvalue weighted by Crippen LogP contribution is -2.26. The number of hydrogen-bond donors (Lipinski definition) is 2. The van der Waals surface area contributed by atoms with Gasteiger partial charge in [0.1, 0.15) is 11.6 Å². The van der Waals surface area contributed by atoms with Crippen LogP contribution in [0.4, 0.5) is 14.5 Å². The van der Waals surface area contributed by atoms with E-state index < -0.39 is 0 Å². The molecular formula is C30H33ClF2N2O2S. The fraction of sp³-hybridized carbons (Fsp3) is 0.367. The number of carbonyl (C=O) groups is 1. The van der Waals surface area contributed by atoms with E-state index in [1.54, 1.807) is 24.3 Å². The molecule has 0 bridgehead atoms. The first kappa shape index (κ1) is 28.6. The van der Waals surface area contributed by atoms with E-state index >= 15 is 0 Å². The monoisotopic (exact) mass is 558 g/mol. The van der Waals surface area contributed by atoms with Crippen LogP contribution in [0.15, 0.2) is 71.6 Å². The van der Waals surface area contributed by atoms with Gasteiger partial charge in [-0.2, -0.15) is 0 Å². The maximum absolute atomic E-state index is 14.9. The average Bonchev–Trinajstić information content (AvgIpc) is 2.92. The zero-order valence-electron chi connectivity index (χ0n) is 21.4. The third-order valence-electron chi connectivity index (χ3n) is 6.95. The van der Waals surface area contributed by atoms with Crippen LogP contribution in [0.1, 0.15) is 49.7 Å². The van der Waals surface area contributed by atoms with Crippen LogP contribution in [0.3, 0.4) is 0 Å². The highest BCUT2D eigenvalue weighted by molar-refractivity contribution is 7.97. The van der Waals surface area contributed by atoms with E-state index in [-0.39, 0.29) is 29.5 Å². The summed E-state index contributed by atoms with van der Waals surface area (Å²) in [6.45, 7) is 3.40. The highest BCUT2D eigenvalue weighted by Gasteiger charge is 2.28. The van der Waals surface area contributed by atoms with E-state index in [2.05, 4.69) is 10.0 Å². The maximum atomic E-state index is 14.9. The number of hydrogen-bond acceptors (Lipinski definition) is 4. The minimum Gasteiger partial charge on any atom is -0.381 e. The molecule has 202 valence electrons. The Labute approximate surface area is 232 Å². The number of rotatable bonds is 11. The molecule has 1 fully saturated rings. The van der Waals surface area contributed by atoms with Crippen LogP contribution in [0.25, 0.3) is 0 Å². The lowest BCUT2D eigenvalue weighted by molar-refractivity contribution is -0.117. The van der Waals surface area contributed by atoms with Gasteiger partial charge in [-0.15, -0.1) is 0 Å². The summed E-state index contributed by atoms with van der Waals surface area (Å²) in [6, 6.07) is 18.8. The highest BCUT2D eigenvalue weighted by atomic mass is 35.5. The Kier molecular flexibility index (Phi) is 10.6. The second kappa shape index (κ2) is 14.1. The summed E-state index contributed by atoms with van der Waals surface area (Å²) in [6.07, 6.45) is 3.21. The summed E-state index contributed by atoms with van der Waals surface area (Å²) in [7, 11) is 0. The standard InChI is InChI=1S/C30H33ClF2N2O2S/c1-20(35-38-25-12-10-24(32)11-13-25)5-14-26-28(33)3-2-4-29(26)34-30(36)19-27(22-15-17-37-18-16-22)21-6-8-23(31)9-7-21/h2-4,6-13,20,22,27,35H,5,14-19H2,1H3,(H,34,36)/t20-,27?/m1/s1. The zero-order chi connectivity index (χ0) is 26.9. The Balaban J connectivity index is 1.39. The molecule has 2 atom stereocenters. The third kappa shape index (κ3) is 8.27. The second-order valence-corrected chi connectivity index (χ2v) is 11.1. The van der Waals surface area contributed by atoms with E-state index in [0.29, 0.717) is 54.7 Å². The molecule has 1 saturated heterocycles. The van der Waals surface area contributed by atoms with Crippen molar-refractivity contribution >= 4 is 35.1 Å². The fourth-order valence-corrected chi connectivity index (χ4v) is 5.66. The van der Waals surface area contributed by atoms with Gasteiger partial charge in [0.15, 0.2) is 0 Å². The number of halogens is 3. The largest absolute Gasteiger partial charge is 0.381 e. The first-order valence-corrected chi connectivity index (χ1v) is 14.2. The van der Waals surface area contributed by atoms with Crippen molar-refractivity contribution < 1.29 is 18.3 Å². The predicted molar refractivity (Wildman–Crippen MR) is 151 cm³/mol.